The number of hydrogen-bond donors (Lipinski definition) is 1. The van der Waals surface area contributed by atoms with Gasteiger partial charge < -0.3 is 9.84 Å². The van der Waals surface area contributed by atoms with E-state index in [0.717, 1.165) is 0 Å². The number of ether oxygens (including phenoxy) is 1. The highest BCUT2D eigenvalue weighted by Gasteiger charge is 2.38. The van der Waals surface area contributed by atoms with Crippen LogP contribution in [0.2, 0.25) is 0 Å². The summed E-state index contributed by atoms with van der Waals surface area (Å²) in [5.74, 6) is 0.213. The molecule has 1 N–H and O–H groups in total. The minimum atomic E-state index is -3.71. The molecule has 1 atom stereocenters. The van der Waals surface area contributed by atoms with Gasteiger partial charge in [0.2, 0.25) is 0 Å². The molecule has 2 nitrogen and oxygen atoms in total. The molecular formula is C11H13ClF2O2. The van der Waals surface area contributed by atoms with E-state index in [1.165, 1.54) is 18.2 Å². The van der Waals surface area contributed by atoms with Crippen LogP contribution < -0.4 is 4.74 Å². The van der Waals surface area contributed by atoms with Crippen LogP contribution >= 0.6 is 11.6 Å². The molecule has 0 aliphatic heterocycles. The lowest BCUT2D eigenvalue weighted by atomic mass is 10.1. The van der Waals surface area contributed by atoms with Crippen molar-refractivity contribution in [1.82, 2.24) is 0 Å². The van der Waals surface area contributed by atoms with Gasteiger partial charge in [0.1, 0.15) is 5.75 Å². The van der Waals surface area contributed by atoms with Gasteiger partial charge in [-0.15, -0.1) is 0 Å². The van der Waals surface area contributed by atoms with Gasteiger partial charge in [0, 0.05) is 5.56 Å². The Bertz CT molecular complexity index is 350. The van der Waals surface area contributed by atoms with Gasteiger partial charge >= 0.3 is 5.38 Å². The van der Waals surface area contributed by atoms with Crippen molar-refractivity contribution in [1.29, 1.82) is 0 Å². The predicted molar refractivity (Wildman–Crippen MR) is 58.0 cm³/mol. The summed E-state index contributed by atoms with van der Waals surface area (Å²) >= 11 is 4.79. The van der Waals surface area contributed by atoms with Gasteiger partial charge in [-0.3, -0.25) is 0 Å². The van der Waals surface area contributed by atoms with Crippen LogP contribution in [0, 0.1) is 0 Å². The van der Waals surface area contributed by atoms with Crippen molar-refractivity contribution in [2.45, 2.75) is 31.4 Å². The van der Waals surface area contributed by atoms with Gasteiger partial charge in [0.05, 0.1) is 6.10 Å². The van der Waals surface area contributed by atoms with Crippen molar-refractivity contribution in [2.75, 3.05) is 0 Å². The van der Waals surface area contributed by atoms with E-state index in [1.54, 1.807) is 19.9 Å². The number of alkyl halides is 3. The molecule has 0 radical (unpaired) electrons. The lowest BCUT2D eigenvalue weighted by molar-refractivity contribution is -0.0439. The number of halogens is 3. The summed E-state index contributed by atoms with van der Waals surface area (Å²) in [7, 11) is 0. The molecular weight excluding hydrogens is 238 g/mol. The van der Waals surface area contributed by atoms with Crippen LogP contribution in [-0.4, -0.2) is 16.6 Å². The quantitative estimate of drug-likeness (QED) is 0.831. The first-order valence-electron chi connectivity index (χ1n) is 4.82. The Labute approximate surface area is 97.8 Å². The van der Waals surface area contributed by atoms with E-state index >= 15 is 0 Å². The maximum absolute atomic E-state index is 12.8. The van der Waals surface area contributed by atoms with Crippen molar-refractivity contribution < 1.29 is 18.6 Å². The number of aliphatic hydroxyl groups excluding tert-OH is 1. The van der Waals surface area contributed by atoms with Gasteiger partial charge in [-0.25, -0.2) is 0 Å². The zero-order valence-corrected chi connectivity index (χ0v) is 9.71. The maximum atomic E-state index is 12.8. The van der Waals surface area contributed by atoms with Crippen molar-refractivity contribution in [3.05, 3.63) is 29.8 Å². The Morgan fingerprint density at radius 3 is 2.38 bits per heavy atom. The number of hydrogen-bond acceptors (Lipinski definition) is 2. The Morgan fingerprint density at radius 2 is 1.88 bits per heavy atom. The zero-order chi connectivity index (χ0) is 12.3. The summed E-state index contributed by atoms with van der Waals surface area (Å²) in [6, 6.07) is 6.05. The summed E-state index contributed by atoms with van der Waals surface area (Å²) in [4.78, 5) is 0. The average molecular weight is 251 g/mol. The van der Waals surface area contributed by atoms with E-state index < -0.39 is 11.5 Å². The van der Waals surface area contributed by atoms with Crippen LogP contribution in [0.5, 0.6) is 5.75 Å². The van der Waals surface area contributed by atoms with Crippen LogP contribution in [0.25, 0.3) is 0 Å². The molecule has 0 aliphatic rings. The third-order valence-corrected chi connectivity index (χ3v) is 2.09. The summed E-state index contributed by atoms with van der Waals surface area (Å²) < 4.78 is 30.9. The van der Waals surface area contributed by atoms with Crippen LogP contribution in [-0.2, 0) is 0 Å². The first-order valence-corrected chi connectivity index (χ1v) is 5.20. The minimum absolute atomic E-state index is 0.0174. The SMILES string of the molecule is CC(C)Oc1ccccc1C(O)C(F)(F)Cl. The molecule has 0 amide bonds. The normalized spacial score (nSPS) is 13.9. The smallest absolute Gasteiger partial charge is 0.351 e. The van der Waals surface area contributed by atoms with Crippen molar-refractivity contribution >= 4 is 11.6 Å². The zero-order valence-electron chi connectivity index (χ0n) is 8.95. The first-order chi connectivity index (χ1) is 7.32. The second kappa shape index (κ2) is 4.97. The number of aliphatic hydroxyl groups is 1. The molecule has 5 heteroatoms. The Balaban J connectivity index is 3.03. The van der Waals surface area contributed by atoms with E-state index in [-0.39, 0.29) is 17.4 Å². The topological polar surface area (TPSA) is 29.5 Å². The summed E-state index contributed by atoms with van der Waals surface area (Å²) in [5.41, 5.74) is -0.0174. The van der Waals surface area contributed by atoms with Crippen LogP contribution in [0.1, 0.15) is 25.5 Å². The van der Waals surface area contributed by atoms with Gasteiger partial charge in [0.25, 0.3) is 0 Å². The third-order valence-electron chi connectivity index (χ3n) is 1.89. The highest BCUT2D eigenvalue weighted by molar-refractivity contribution is 6.22. The van der Waals surface area contributed by atoms with E-state index in [2.05, 4.69) is 0 Å². The lowest BCUT2D eigenvalue weighted by Crippen LogP contribution is -2.20. The van der Waals surface area contributed by atoms with Gasteiger partial charge in [0.15, 0.2) is 6.10 Å². The molecule has 0 saturated heterocycles. The van der Waals surface area contributed by atoms with E-state index in [0.29, 0.717) is 0 Å². The summed E-state index contributed by atoms with van der Waals surface area (Å²) in [6.45, 7) is 3.53. The fourth-order valence-electron chi connectivity index (χ4n) is 1.24. The number of rotatable bonds is 4. The van der Waals surface area contributed by atoms with Crippen molar-refractivity contribution in [3.63, 3.8) is 0 Å². The molecule has 0 saturated carbocycles. The van der Waals surface area contributed by atoms with Gasteiger partial charge in [-0.2, -0.15) is 8.78 Å². The van der Waals surface area contributed by atoms with Crippen molar-refractivity contribution in [2.24, 2.45) is 0 Å². The molecule has 0 fully saturated rings. The predicted octanol–water partition coefficient (Wildman–Crippen LogP) is 3.34. The molecule has 1 rings (SSSR count). The lowest BCUT2D eigenvalue weighted by Gasteiger charge is -2.20. The molecule has 0 aliphatic carbocycles. The largest absolute Gasteiger partial charge is 0.491 e. The molecule has 1 aromatic rings. The Morgan fingerprint density at radius 1 is 1.31 bits per heavy atom. The van der Waals surface area contributed by atoms with Gasteiger partial charge in [-0.05, 0) is 31.5 Å². The Hall–Kier alpha value is -0.870. The summed E-state index contributed by atoms with van der Waals surface area (Å²) in [5, 5.41) is 5.68. The molecule has 0 spiro atoms. The standard InChI is InChI=1S/C11H13ClF2O2/c1-7(2)16-9-6-4-3-5-8(9)10(15)11(12,13)14/h3-7,10,15H,1-2H3. The van der Waals surface area contributed by atoms with E-state index in [1.807, 2.05) is 0 Å². The molecule has 16 heavy (non-hydrogen) atoms. The molecule has 0 bridgehead atoms. The fraction of sp³-hybridized carbons (Fsp3) is 0.455. The second-order valence-electron chi connectivity index (χ2n) is 3.65. The molecule has 1 unspecified atom stereocenters. The van der Waals surface area contributed by atoms with Crippen LogP contribution in [0.15, 0.2) is 24.3 Å². The maximum Gasteiger partial charge on any atom is 0.351 e. The average Bonchev–Trinajstić information content (AvgIpc) is 2.15. The van der Waals surface area contributed by atoms with Gasteiger partial charge in [-0.1, -0.05) is 18.2 Å². The third kappa shape index (κ3) is 3.32. The fourth-order valence-corrected chi connectivity index (χ4v) is 1.36. The van der Waals surface area contributed by atoms with E-state index in [9.17, 15) is 13.9 Å². The number of para-hydroxylation sites is 1. The highest BCUT2D eigenvalue weighted by atomic mass is 35.5. The number of benzene rings is 1. The molecule has 1 aromatic carbocycles. The minimum Gasteiger partial charge on any atom is -0.491 e. The molecule has 0 aromatic heterocycles. The van der Waals surface area contributed by atoms with Crippen LogP contribution in [0.3, 0.4) is 0 Å². The summed E-state index contributed by atoms with van der Waals surface area (Å²) in [6.07, 6.45) is -2.25. The van der Waals surface area contributed by atoms with Crippen molar-refractivity contribution in [3.8, 4) is 5.75 Å². The molecule has 0 heterocycles. The Kier molecular flexibility index (Phi) is 4.10. The van der Waals surface area contributed by atoms with E-state index in [4.69, 9.17) is 16.3 Å². The van der Waals surface area contributed by atoms with Crippen LogP contribution in [0.4, 0.5) is 8.78 Å². The first kappa shape index (κ1) is 13.2. The monoisotopic (exact) mass is 250 g/mol. The molecule has 90 valence electrons. The second-order valence-corrected chi connectivity index (χ2v) is 4.15. The highest BCUT2D eigenvalue weighted by Crippen LogP contribution is 2.38.